The van der Waals surface area contributed by atoms with Crippen molar-refractivity contribution in [2.75, 3.05) is 0 Å². The highest BCUT2D eigenvalue weighted by atomic mass is 79.9. The van der Waals surface area contributed by atoms with Gasteiger partial charge in [0.25, 0.3) is 0 Å². The van der Waals surface area contributed by atoms with E-state index < -0.39 is 0 Å². The Morgan fingerprint density at radius 1 is 1.11 bits per heavy atom. The number of hydrogen-bond acceptors (Lipinski definition) is 1. The van der Waals surface area contributed by atoms with E-state index in [4.69, 9.17) is 0 Å². The SMILES string of the molecule is C[C@@H](NCc1ccc(F)cc1)c1ccccc1Br. The number of hydrogen-bond donors (Lipinski definition) is 1. The Morgan fingerprint density at radius 2 is 1.78 bits per heavy atom. The number of rotatable bonds is 4. The monoisotopic (exact) mass is 307 g/mol. The molecule has 0 unspecified atom stereocenters. The number of benzene rings is 2. The molecule has 1 atom stereocenters. The summed E-state index contributed by atoms with van der Waals surface area (Å²) < 4.78 is 13.9. The van der Waals surface area contributed by atoms with Gasteiger partial charge in [0.2, 0.25) is 0 Å². The van der Waals surface area contributed by atoms with Crippen LogP contribution in [0.15, 0.2) is 53.0 Å². The van der Waals surface area contributed by atoms with Gasteiger partial charge in [0.1, 0.15) is 5.82 Å². The van der Waals surface area contributed by atoms with Crippen LogP contribution in [0.5, 0.6) is 0 Å². The standard InChI is InChI=1S/C15H15BrFN/c1-11(14-4-2-3-5-15(14)16)18-10-12-6-8-13(17)9-7-12/h2-9,11,18H,10H2,1H3/t11-/m1/s1. The first kappa shape index (κ1) is 13.2. The molecular formula is C15H15BrFN. The topological polar surface area (TPSA) is 12.0 Å². The maximum atomic E-state index is 12.8. The summed E-state index contributed by atoms with van der Waals surface area (Å²) in [4.78, 5) is 0. The third-order valence-electron chi connectivity index (χ3n) is 2.90. The van der Waals surface area contributed by atoms with Crippen LogP contribution in [-0.2, 0) is 6.54 Å². The van der Waals surface area contributed by atoms with Crippen LogP contribution in [0, 0.1) is 5.82 Å². The van der Waals surface area contributed by atoms with Crippen LogP contribution >= 0.6 is 15.9 Å². The second kappa shape index (κ2) is 6.12. The van der Waals surface area contributed by atoms with E-state index in [0.29, 0.717) is 0 Å². The Labute approximate surface area is 115 Å². The van der Waals surface area contributed by atoms with Crippen molar-refractivity contribution >= 4 is 15.9 Å². The molecule has 0 bridgehead atoms. The fraction of sp³-hybridized carbons (Fsp3) is 0.200. The summed E-state index contributed by atoms with van der Waals surface area (Å²) in [5, 5.41) is 3.42. The minimum Gasteiger partial charge on any atom is -0.306 e. The van der Waals surface area contributed by atoms with Gasteiger partial charge in [0, 0.05) is 17.1 Å². The number of halogens is 2. The van der Waals surface area contributed by atoms with Crippen LogP contribution < -0.4 is 5.32 Å². The Kier molecular flexibility index (Phi) is 4.50. The molecule has 0 radical (unpaired) electrons. The molecule has 0 saturated carbocycles. The van der Waals surface area contributed by atoms with Crippen molar-refractivity contribution in [2.45, 2.75) is 19.5 Å². The second-order valence-electron chi connectivity index (χ2n) is 4.25. The summed E-state index contributed by atoms with van der Waals surface area (Å²) in [7, 11) is 0. The predicted octanol–water partition coefficient (Wildman–Crippen LogP) is 4.44. The molecule has 94 valence electrons. The molecule has 0 aliphatic rings. The molecule has 1 N–H and O–H groups in total. The average Bonchev–Trinajstić information content (AvgIpc) is 2.38. The van der Waals surface area contributed by atoms with Gasteiger partial charge in [-0.1, -0.05) is 46.3 Å². The Balaban J connectivity index is 1.98. The van der Waals surface area contributed by atoms with E-state index in [0.717, 1.165) is 16.6 Å². The smallest absolute Gasteiger partial charge is 0.123 e. The van der Waals surface area contributed by atoms with Crippen LogP contribution in [-0.4, -0.2) is 0 Å². The quantitative estimate of drug-likeness (QED) is 0.880. The van der Waals surface area contributed by atoms with Crippen LogP contribution in [0.1, 0.15) is 24.1 Å². The van der Waals surface area contributed by atoms with Gasteiger partial charge in [-0.05, 0) is 36.2 Å². The Hall–Kier alpha value is -1.19. The third-order valence-corrected chi connectivity index (χ3v) is 3.62. The Bertz CT molecular complexity index is 510. The van der Waals surface area contributed by atoms with Crippen molar-refractivity contribution in [1.29, 1.82) is 0 Å². The normalized spacial score (nSPS) is 12.4. The van der Waals surface area contributed by atoms with Crippen molar-refractivity contribution in [3.05, 3.63) is 69.9 Å². The summed E-state index contributed by atoms with van der Waals surface area (Å²) in [6.07, 6.45) is 0. The minimum absolute atomic E-state index is 0.197. The molecule has 0 aliphatic carbocycles. The largest absolute Gasteiger partial charge is 0.306 e. The fourth-order valence-corrected chi connectivity index (χ4v) is 2.44. The van der Waals surface area contributed by atoms with Gasteiger partial charge in [0.05, 0.1) is 0 Å². The van der Waals surface area contributed by atoms with Crippen molar-refractivity contribution in [3.8, 4) is 0 Å². The lowest BCUT2D eigenvalue weighted by atomic mass is 10.1. The first-order valence-electron chi connectivity index (χ1n) is 5.89. The van der Waals surface area contributed by atoms with Gasteiger partial charge in [-0.3, -0.25) is 0 Å². The van der Waals surface area contributed by atoms with Crippen molar-refractivity contribution in [1.82, 2.24) is 5.32 Å². The summed E-state index contributed by atoms with van der Waals surface area (Å²) in [6, 6.07) is 15.0. The van der Waals surface area contributed by atoms with Crippen molar-refractivity contribution < 1.29 is 4.39 Å². The first-order valence-corrected chi connectivity index (χ1v) is 6.68. The van der Waals surface area contributed by atoms with Gasteiger partial charge >= 0.3 is 0 Å². The van der Waals surface area contributed by atoms with Gasteiger partial charge in [-0.25, -0.2) is 4.39 Å². The molecule has 0 aliphatic heterocycles. The van der Waals surface area contributed by atoms with E-state index in [1.165, 1.54) is 17.7 Å². The maximum Gasteiger partial charge on any atom is 0.123 e. The van der Waals surface area contributed by atoms with Crippen LogP contribution in [0.25, 0.3) is 0 Å². The molecule has 18 heavy (non-hydrogen) atoms. The molecule has 0 heterocycles. The van der Waals surface area contributed by atoms with Gasteiger partial charge in [0.15, 0.2) is 0 Å². The summed E-state index contributed by atoms with van der Waals surface area (Å²) in [5.41, 5.74) is 2.30. The predicted molar refractivity (Wildman–Crippen MR) is 75.8 cm³/mol. The van der Waals surface area contributed by atoms with Gasteiger partial charge < -0.3 is 5.32 Å². The van der Waals surface area contributed by atoms with E-state index >= 15 is 0 Å². The molecule has 0 amide bonds. The molecule has 1 nitrogen and oxygen atoms in total. The highest BCUT2D eigenvalue weighted by Gasteiger charge is 2.07. The fourth-order valence-electron chi connectivity index (χ4n) is 1.81. The average molecular weight is 308 g/mol. The van der Waals surface area contributed by atoms with Crippen LogP contribution in [0.3, 0.4) is 0 Å². The van der Waals surface area contributed by atoms with Gasteiger partial charge in [-0.2, -0.15) is 0 Å². The molecule has 0 spiro atoms. The highest BCUT2D eigenvalue weighted by Crippen LogP contribution is 2.22. The van der Waals surface area contributed by atoms with E-state index in [-0.39, 0.29) is 11.9 Å². The molecule has 0 aromatic heterocycles. The first-order chi connectivity index (χ1) is 8.66. The lowest BCUT2D eigenvalue weighted by molar-refractivity contribution is 0.571. The molecule has 2 aromatic rings. The molecule has 2 aromatic carbocycles. The number of nitrogens with one attached hydrogen (secondary N) is 1. The third kappa shape index (κ3) is 3.40. The maximum absolute atomic E-state index is 12.8. The summed E-state index contributed by atoms with van der Waals surface area (Å²) in [6.45, 7) is 2.84. The molecule has 0 saturated heterocycles. The molecule has 0 fully saturated rings. The van der Waals surface area contributed by atoms with E-state index in [1.54, 1.807) is 12.1 Å². The molecule has 2 rings (SSSR count). The Morgan fingerprint density at radius 3 is 2.44 bits per heavy atom. The zero-order valence-electron chi connectivity index (χ0n) is 10.2. The summed E-state index contributed by atoms with van der Waals surface area (Å²) in [5.74, 6) is -0.197. The molecule has 3 heteroatoms. The van der Waals surface area contributed by atoms with Crippen molar-refractivity contribution in [3.63, 3.8) is 0 Å². The molecular weight excluding hydrogens is 293 g/mol. The second-order valence-corrected chi connectivity index (χ2v) is 5.10. The summed E-state index contributed by atoms with van der Waals surface area (Å²) >= 11 is 3.54. The zero-order chi connectivity index (χ0) is 13.0. The van der Waals surface area contributed by atoms with E-state index in [9.17, 15) is 4.39 Å². The van der Waals surface area contributed by atoms with E-state index in [2.05, 4.69) is 34.2 Å². The van der Waals surface area contributed by atoms with Crippen LogP contribution in [0.4, 0.5) is 4.39 Å². The lowest BCUT2D eigenvalue weighted by Crippen LogP contribution is -2.18. The van der Waals surface area contributed by atoms with Gasteiger partial charge in [-0.15, -0.1) is 0 Å². The zero-order valence-corrected chi connectivity index (χ0v) is 11.7. The van der Waals surface area contributed by atoms with E-state index in [1.807, 2.05) is 18.2 Å². The minimum atomic E-state index is -0.197. The van der Waals surface area contributed by atoms with Crippen molar-refractivity contribution in [2.24, 2.45) is 0 Å². The van der Waals surface area contributed by atoms with Crippen LogP contribution in [0.2, 0.25) is 0 Å². The lowest BCUT2D eigenvalue weighted by Gasteiger charge is -2.15. The highest BCUT2D eigenvalue weighted by molar-refractivity contribution is 9.10.